The monoisotopic (exact) mass is 346 g/mol. The fraction of sp³-hybridized carbons (Fsp3) is 0.571. The Labute approximate surface area is 132 Å². The molecular weight excluding hydrogens is 324 g/mol. The molecule has 0 bridgehead atoms. The third-order valence-electron chi connectivity index (χ3n) is 3.86. The summed E-state index contributed by atoms with van der Waals surface area (Å²) in [5, 5.41) is 3.09. The van der Waals surface area contributed by atoms with Gasteiger partial charge in [0.2, 0.25) is 10.0 Å². The third kappa shape index (κ3) is 3.87. The molecule has 22 heavy (non-hydrogen) atoms. The average molecular weight is 346 g/mol. The van der Waals surface area contributed by atoms with Gasteiger partial charge in [0.05, 0.1) is 9.79 Å². The van der Waals surface area contributed by atoms with Crippen LogP contribution in [0.1, 0.15) is 12.8 Å². The van der Waals surface area contributed by atoms with Gasteiger partial charge < -0.3 is 5.32 Å². The highest BCUT2D eigenvalue weighted by atomic mass is 32.2. The van der Waals surface area contributed by atoms with E-state index in [0.29, 0.717) is 19.0 Å². The molecule has 124 valence electrons. The van der Waals surface area contributed by atoms with E-state index in [0.717, 1.165) is 25.6 Å². The molecule has 0 spiro atoms. The van der Waals surface area contributed by atoms with Crippen LogP contribution in [0.3, 0.4) is 0 Å². The van der Waals surface area contributed by atoms with E-state index < -0.39 is 19.9 Å². The van der Waals surface area contributed by atoms with Gasteiger partial charge in [-0.05, 0) is 56.6 Å². The highest BCUT2D eigenvalue weighted by Gasteiger charge is 2.30. The molecule has 1 heterocycles. The minimum Gasteiger partial charge on any atom is -0.319 e. The second-order valence-electron chi connectivity index (χ2n) is 5.67. The second-order valence-corrected chi connectivity index (χ2v) is 9.63. The Morgan fingerprint density at radius 1 is 1.14 bits per heavy atom. The van der Waals surface area contributed by atoms with Crippen molar-refractivity contribution in [3.8, 4) is 0 Å². The quantitative estimate of drug-likeness (QED) is 0.849. The van der Waals surface area contributed by atoms with Gasteiger partial charge in [0, 0.05) is 19.3 Å². The lowest BCUT2D eigenvalue weighted by Gasteiger charge is -2.31. The molecule has 1 fully saturated rings. The number of sulfone groups is 1. The van der Waals surface area contributed by atoms with Gasteiger partial charge in [0.25, 0.3) is 0 Å². The SMILES string of the molecule is CNC[C@H]1CCCN(S(=O)(=O)c2ccc(S(C)(=O)=O)cc2)C1. The van der Waals surface area contributed by atoms with Gasteiger partial charge in [0.15, 0.2) is 9.84 Å². The summed E-state index contributed by atoms with van der Waals surface area (Å²) < 4.78 is 49.7. The van der Waals surface area contributed by atoms with E-state index in [-0.39, 0.29) is 9.79 Å². The number of nitrogens with zero attached hydrogens (tertiary/aromatic N) is 1. The van der Waals surface area contributed by atoms with Gasteiger partial charge in [-0.3, -0.25) is 0 Å². The first-order valence-electron chi connectivity index (χ1n) is 7.20. The summed E-state index contributed by atoms with van der Waals surface area (Å²) in [6.07, 6.45) is 2.95. The van der Waals surface area contributed by atoms with Crippen LogP contribution in [0.25, 0.3) is 0 Å². The molecule has 8 heteroatoms. The van der Waals surface area contributed by atoms with Gasteiger partial charge in [-0.15, -0.1) is 0 Å². The summed E-state index contributed by atoms with van der Waals surface area (Å²) in [5.74, 6) is 0.309. The Bertz CT molecular complexity index is 710. The van der Waals surface area contributed by atoms with E-state index in [1.807, 2.05) is 7.05 Å². The number of sulfonamides is 1. The lowest BCUT2D eigenvalue weighted by atomic mass is 10.00. The first-order chi connectivity index (χ1) is 10.2. The minimum atomic E-state index is -3.56. The minimum absolute atomic E-state index is 0.123. The molecule has 0 unspecified atom stereocenters. The fourth-order valence-corrected chi connectivity index (χ4v) is 4.89. The normalized spacial score (nSPS) is 20.9. The molecular formula is C14H22N2O4S2. The molecule has 1 aromatic rings. The number of hydrogen-bond donors (Lipinski definition) is 1. The number of nitrogens with one attached hydrogen (secondary N) is 1. The van der Waals surface area contributed by atoms with Crippen LogP contribution in [-0.2, 0) is 19.9 Å². The van der Waals surface area contributed by atoms with Crippen LogP contribution in [-0.4, -0.2) is 54.1 Å². The maximum atomic E-state index is 12.7. The maximum Gasteiger partial charge on any atom is 0.243 e. The van der Waals surface area contributed by atoms with Crippen LogP contribution >= 0.6 is 0 Å². The van der Waals surface area contributed by atoms with E-state index in [1.165, 1.54) is 28.6 Å². The average Bonchev–Trinajstić information content (AvgIpc) is 2.47. The molecule has 6 nitrogen and oxygen atoms in total. The maximum absolute atomic E-state index is 12.7. The zero-order valence-corrected chi connectivity index (χ0v) is 14.5. The molecule has 1 N–H and O–H groups in total. The van der Waals surface area contributed by atoms with Crippen LogP contribution in [0.5, 0.6) is 0 Å². The molecule has 0 radical (unpaired) electrons. The van der Waals surface area contributed by atoms with Gasteiger partial charge in [-0.1, -0.05) is 0 Å². The van der Waals surface area contributed by atoms with E-state index in [4.69, 9.17) is 0 Å². The smallest absolute Gasteiger partial charge is 0.243 e. The number of piperidine rings is 1. The van der Waals surface area contributed by atoms with Gasteiger partial charge in [-0.25, -0.2) is 16.8 Å². The second kappa shape index (κ2) is 6.66. The zero-order chi connectivity index (χ0) is 16.4. The molecule has 1 aliphatic heterocycles. The Morgan fingerprint density at radius 3 is 2.27 bits per heavy atom. The molecule has 1 aliphatic rings. The van der Waals surface area contributed by atoms with Crippen LogP contribution < -0.4 is 5.32 Å². The van der Waals surface area contributed by atoms with E-state index in [2.05, 4.69) is 5.32 Å². The largest absolute Gasteiger partial charge is 0.319 e. The summed E-state index contributed by atoms with van der Waals surface area (Å²) in [5.41, 5.74) is 0. The van der Waals surface area contributed by atoms with Crippen molar-refractivity contribution in [2.75, 3.05) is 32.9 Å². The Hall–Kier alpha value is -0.960. The number of hydrogen-bond acceptors (Lipinski definition) is 5. The third-order valence-corrected chi connectivity index (χ3v) is 6.87. The van der Waals surface area contributed by atoms with Crippen LogP contribution in [0.15, 0.2) is 34.1 Å². The standard InChI is InChI=1S/C14H22N2O4S2/c1-15-10-12-4-3-9-16(11-12)22(19,20)14-7-5-13(6-8-14)21(2,17)18/h5-8,12,15H,3-4,9-11H2,1-2H3/t12-/m1/s1. The van der Waals surface area contributed by atoms with Gasteiger partial charge in [0.1, 0.15) is 0 Å². The summed E-state index contributed by atoms with van der Waals surface area (Å²) in [6, 6.07) is 5.43. The topological polar surface area (TPSA) is 83.6 Å². The van der Waals surface area contributed by atoms with Crippen molar-refractivity contribution in [1.29, 1.82) is 0 Å². The Morgan fingerprint density at radius 2 is 1.73 bits per heavy atom. The van der Waals surface area contributed by atoms with E-state index in [9.17, 15) is 16.8 Å². The van der Waals surface area contributed by atoms with Crippen molar-refractivity contribution in [1.82, 2.24) is 9.62 Å². The summed E-state index contributed by atoms with van der Waals surface area (Å²) >= 11 is 0. The van der Waals surface area contributed by atoms with Crippen molar-refractivity contribution >= 4 is 19.9 Å². The van der Waals surface area contributed by atoms with Crippen molar-refractivity contribution in [3.05, 3.63) is 24.3 Å². The molecule has 0 aromatic heterocycles. The van der Waals surface area contributed by atoms with Crippen LogP contribution in [0.2, 0.25) is 0 Å². The number of benzene rings is 1. The van der Waals surface area contributed by atoms with Gasteiger partial charge >= 0.3 is 0 Å². The lowest BCUT2D eigenvalue weighted by Crippen LogP contribution is -2.42. The molecule has 1 saturated heterocycles. The number of rotatable bonds is 5. The van der Waals surface area contributed by atoms with Crippen molar-refractivity contribution in [3.63, 3.8) is 0 Å². The molecule has 0 saturated carbocycles. The van der Waals surface area contributed by atoms with E-state index in [1.54, 1.807) is 0 Å². The molecule has 1 atom stereocenters. The van der Waals surface area contributed by atoms with Crippen LogP contribution in [0.4, 0.5) is 0 Å². The fourth-order valence-electron chi connectivity index (χ4n) is 2.71. The summed E-state index contributed by atoms with van der Waals surface area (Å²) in [4.78, 5) is 0.267. The zero-order valence-electron chi connectivity index (χ0n) is 12.8. The molecule has 0 amide bonds. The van der Waals surface area contributed by atoms with Crippen molar-refractivity contribution in [2.24, 2.45) is 5.92 Å². The molecule has 0 aliphatic carbocycles. The van der Waals surface area contributed by atoms with Crippen molar-refractivity contribution in [2.45, 2.75) is 22.6 Å². The highest BCUT2D eigenvalue weighted by Crippen LogP contribution is 2.24. The first kappa shape index (κ1) is 17.4. The predicted molar refractivity (Wildman–Crippen MR) is 85.0 cm³/mol. The molecule has 2 rings (SSSR count). The van der Waals surface area contributed by atoms with Crippen molar-refractivity contribution < 1.29 is 16.8 Å². The highest BCUT2D eigenvalue weighted by molar-refractivity contribution is 7.90. The first-order valence-corrected chi connectivity index (χ1v) is 10.5. The Balaban J connectivity index is 2.23. The Kier molecular flexibility index (Phi) is 5.26. The summed E-state index contributed by atoms with van der Waals surface area (Å²) in [6.45, 7) is 1.80. The van der Waals surface area contributed by atoms with Gasteiger partial charge in [-0.2, -0.15) is 4.31 Å². The molecule has 1 aromatic carbocycles. The van der Waals surface area contributed by atoms with Crippen LogP contribution in [0, 0.1) is 5.92 Å². The summed E-state index contributed by atoms with van der Waals surface area (Å²) in [7, 11) is -5.03. The lowest BCUT2D eigenvalue weighted by molar-refractivity contribution is 0.263. The predicted octanol–water partition coefficient (Wildman–Crippen LogP) is 0.710. The van der Waals surface area contributed by atoms with E-state index >= 15 is 0 Å².